The van der Waals surface area contributed by atoms with Gasteiger partial charge < -0.3 is 24.5 Å². The zero-order valence-corrected chi connectivity index (χ0v) is 17.8. The molecule has 2 heterocycles. The van der Waals surface area contributed by atoms with E-state index in [1.807, 2.05) is 67.1 Å². The molecule has 0 fully saturated rings. The SMILES string of the molecule is CC.CC(O)C(O)COc1ccc(-c2cn(-c3ccccc3)c3nc[nH]c(=O)c23)cc1. The van der Waals surface area contributed by atoms with Crippen molar-refractivity contribution < 1.29 is 14.9 Å². The number of aromatic nitrogens is 3. The molecule has 162 valence electrons. The number of aliphatic hydroxyl groups excluding tert-OH is 2. The maximum absolute atomic E-state index is 12.5. The molecule has 0 amide bonds. The van der Waals surface area contributed by atoms with Crippen LogP contribution in [0.5, 0.6) is 5.75 Å². The van der Waals surface area contributed by atoms with E-state index < -0.39 is 12.2 Å². The van der Waals surface area contributed by atoms with Crippen molar-refractivity contribution >= 4 is 11.0 Å². The van der Waals surface area contributed by atoms with Gasteiger partial charge in [-0.3, -0.25) is 4.79 Å². The van der Waals surface area contributed by atoms with Gasteiger partial charge in [-0.25, -0.2) is 4.98 Å². The monoisotopic (exact) mass is 421 g/mol. The maximum Gasteiger partial charge on any atom is 0.260 e. The zero-order valence-electron chi connectivity index (χ0n) is 17.8. The van der Waals surface area contributed by atoms with Crippen LogP contribution in [0.3, 0.4) is 0 Å². The molecule has 0 aliphatic heterocycles. The fourth-order valence-corrected chi connectivity index (χ4v) is 3.13. The van der Waals surface area contributed by atoms with E-state index in [2.05, 4.69) is 9.97 Å². The zero-order chi connectivity index (χ0) is 22.4. The molecule has 7 nitrogen and oxygen atoms in total. The van der Waals surface area contributed by atoms with Crippen LogP contribution in [-0.4, -0.2) is 43.6 Å². The quantitative estimate of drug-likeness (QED) is 0.442. The van der Waals surface area contributed by atoms with Crippen molar-refractivity contribution in [2.75, 3.05) is 6.61 Å². The van der Waals surface area contributed by atoms with Crippen LogP contribution < -0.4 is 10.3 Å². The predicted molar refractivity (Wildman–Crippen MR) is 122 cm³/mol. The van der Waals surface area contributed by atoms with E-state index in [1.54, 1.807) is 12.1 Å². The molecule has 0 radical (unpaired) electrons. The second-order valence-electron chi connectivity index (χ2n) is 6.82. The Morgan fingerprint density at radius 1 is 1.06 bits per heavy atom. The number of rotatable bonds is 6. The highest BCUT2D eigenvalue weighted by Gasteiger charge is 2.16. The van der Waals surface area contributed by atoms with Crippen molar-refractivity contribution in [2.24, 2.45) is 0 Å². The first-order valence-electron chi connectivity index (χ1n) is 10.3. The van der Waals surface area contributed by atoms with Crippen molar-refractivity contribution in [3.63, 3.8) is 0 Å². The Balaban J connectivity index is 0.00000132. The maximum atomic E-state index is 12.5. The van der Waals surface area contributed by atoms with Crippen LogP contribution >= 0.6 is 0 Å². The molecule has 7 heteroatoms. The van der Waals surface area contributed by atoms with Crippen LogP contribution in [0.1, 0.15) is 20.8 Å². The summed E-state index contributed by atoms with van der Waals surface area (Å²) in [7, 11) is 0. The van der Waals surface area contributed by atoms with E-state index in [-0.39, 0.29) is 12.2 Å². The van der Waals surface area contributed by atoms with Crippen LogP contribution in [-0.2, 0) is 0 Å². The Hall–Kier alpha value is -3.42. The number of nitrogens with one attached hydrogen (secondary N) is 1. The molecule has 4 aromatic rings. The third-order valence-electron chi connectivity index (χ3n) is 4.77. The molecule has 0 spiro atoms. The molecule has 31 heavy (non-hydrogen) atoms. The molecular formula is C24H27N3O4. The Bertz CT molecular complexity index is 1170. The number of hydrogen-bond acceptors (Lipinski definition) is 5. The van der Waals surface area contributed by atoms with Gasteiger partial charge in [0.15, 0.2) is 5.65 Å². The number of fused-ring (bicyclic) bond motifs is 1. The molecule has 2 aromatic heterocycles. The lowest BCUT2D eigenvalue weighted by atomic mass is 10.1. The van der Waals surface area contributed by atoms with Gasteiger partial charge in [-0.15, -0.1) is 0 Å². The van der Waals surface area contributed by atoms with Gasteiger partial charge in [0.05, 0.1) is 17.8 Å². The highest BCUT2D eigenvalue weighted by atomic mass is 16.5. The van der Waals surface area contributed by atoms with Gasteiger partial charge >= 0.3 is 0 Å². The number of benzene rings is 2. The number of aliphatic hydroxyl groups is 2. The van der Waals surface area contributed by atoms with Crippen LogP contribution in [0.15, 0.2) is 71.9 Å². The summed E-state index contributed by atoms with van der Waals surface area (Å²) >= 11 is 0. The Morgan fingerprint density at radius 2 is 1.74 bits per heavy atom. The highest BCUT2D eigenvalue weighted by Crippen LogP contribution is 2.30. The Labute approximate surface area is 180 Å². The average molecular weight is 421 g/mol. The fraction of sp³-hybridized carbons (Fsp3) is 0.250. The van der Waals surface area contributed by atoms with Crippen molar-refractivity contribution in [1.82, 2.24) is 14.5 Å². The number of nitrogens with zero attached hydrogens (tertiary/aromatic N) is 2. The summed E-state index contributed by atoms with van der Waals surface area (Å²) in [5.41, 5.74) is 2.88. The van der Waals surface area contributed by atoms with Gasteiger partial charge in [0.2, 0.25) is 0 Å². The van der Waals surface area contributed by atoms with Crippen molar-refractivity contribution in [1.29, 1.82) is 0 Å². The Kier molecular flexibility index (Phi) is 7.23. The largest absolute Gasteiger partial charge is 0.491 e. The van der Waals surface area contributed by atoms with E-state index in [1.165, 1.54) is 13.3 Å². The van der Waals surface area contributed by atoms with Crippen LogP contribution in [0.4, 0.5) is 0 Å². The lowest BCUT2D eigenvalue weighted by molar-refractivity contribution is 0.00227. The second kappa shape index (κ2) is 10.1. The third-order valence-corrected chi connectivity index (χ3v) is 4.77. The van der Waals surface area contributed by atoms with E-state index in [9.17, 15) is 15.0 Å². The van der Waals surface area contributed by atoms with Crippen molar-refractivity contribution in [3.05, 3.63) is 77.5 Å². The molecule has 2 atom stereocenters. The first kappa shape index (κ1) is 22.3. The summed E-state index contributed by atoms with van der Waals surface area (Å²) in [5, 5.41) is 19.5. The highest BCUT2D eigenvalue weighted by molar-refractivity contribution is 5.94. The van der Waals surface area contributed by atoms with Gasteiger partial charge in [-0.2, -0.15) is 0 Å². The normalized spacial score (nSPS) is 12.7. The first-order valence-corrected chi connectivity index (χ1v) is 10.3. The number of aromatic amines is 1. The summed E-state index contributed by atoms with van der Waals surface area (Å²) in [6, 6.07) is 16.9. The van der Waals surface area contributed by atoms with Crippen LogP contribution in [0.25, 0.3) is 27.8 Å². The second-order valence-corrected chi connectivity index (χ2v) is 6.82. The number of para-hydroxylation sites is 1. The minimum atomic E-state index is -0.955. The molecule has 0 saturated carbocycles. The summed E-state index contributed by atoms with van der Waals surface area (Å²) in [5.74, 6) is 0.562. The molecular weight excluding hydrogens is 394 g/mol. The summed E-state index contributed by atoms with van der Waals surface area (Å²) in [6.45, 7) is 5.50. The number of hydrogen-bond donors (Lipinski definition) is 3. The molecule has 2 unspecified atom stereocenters. The van der Waals surface area contributed by atoms with Crippen LogP contribution in [0.2, 0.25) is 0 Å². The molecule has 3 N–H and O–H groups in total. The molecule has 2 aromatic carbocycles. The van der Waals surface area contributed by atoms with Crippen LogP contribution in [0, 0.1) is 0 Å². The first-order chi connectivity index (χ1) is 15.0. The summed E-state index contributed by atoms with van der Waals surface area (Å²) in [6.07, 6.45) is 1.48. The predicted octanol–water partition coefficient (Wildman–Crippen LogP) is 3.53. The third kappa shape index (κ3) is 4.84. The van der Waals surface area contributed by atoms with Crippen molar-refractivity contribution in [2.45, 2.75) is 33.0 Å². The number of ether oxygens (including phenoxy) is 1. The molecule has 4 rings (SSSR count). The van der Waals surface area contributed by atoms with E-state index in [0.29, 0.717) is 16.8 Å². The lowest BCUT2D eigenvalue weighted by Crippen LogP contribution is -2.29. The number of H-pyrrole nitrogens is 1. The topological polar surface area (TPSA) is 100 Å². The standard InChI is InChI=1S/C22H21N3O4.C2H6/c1-14(26)19(27)12-29-17-9-7-15(8-10-17)18-11-25(16-5-3-2-4-6-16)21-20(18)22(28)24-13-23-21;1-2/h2-11,13-14,19,26-27H,12H2,1H3,(H,23,24,28);1-2H3. The van der Waals surface area contributed by atoms with Gasteiger partial charge in [-0.05, 0) is 36.8 Å². The van der Waals surface area contributed by atoms with Gasteiger partial charge in [0.1, 0.15) is 18.5 Å². The van der Waals surface area contributed by atoms with E-state index in [0.717, 1.165) is 16.8 Å². The van der Waals surface area contributed by atoms with Gasteiger partial charge in [0, 0.05) is 17.4 Å². The van der Waals surface area contributed by atoms with E-state index in [4.69, 9.17) is 4.74 Å². The molecule has 0 saturated heterocycles. The summed E-state index contributed by atoms with van der Waals surface area (Å²) < 4.78 is 7.40. The smallest absolute Gasteiger partial charge is 0.260 e. The lowest BCUT2D eigenvalue weighted by Gasteiger charge is -2.14. The molecule has 0 aliphatic carbocycles. The van der Waals surface area contributed by atoms with E-state index >= 15 is 0 Å². The minimum Gasteiger partial charge on any atom is -0.491 e. The fourth-order valence-electron chi connectivity index (χ4n) is 3.13. The van der Waals surface area contributed by atoms with Gasteiger partial charge in [-0.1, -0.05) is 44.2 Å². The minimum absolute atomic E-state index is 0.00604. The van der Waals surface area contributed by atoms with Crippen molar-refractivity contribution in [3.8, 4) is 22.6 Å². The van der Waals surface area contributed by atoms with Gasteiger partial charge in [0.25, 0.3) is 5.56 Å². The molecule has 0 bridgehead atoms. The average Bonchev–Trinajstić information content (AvgIpc) is 3.21. The molecule has 0 aliphatic rings. The Morgan fingerprint density at radius 3 is 2.39 bits per heavy atom. The summed E-state index contributed by atoms with van der Waals surface area (Å²) in [4.78, 5) is 19.6.